The highest BCUT2D eigenvalue weighted by Gasteiger charge is 2.24. The molecular formula is C19H22ClN3S. The Balaban J connectivity index is 1.43. The van der Waals surface area contributed by atoms with Gasteiger partial charge in [-0.2, -0.15) is 0 Å². The summed E-state index contributed by atoms with van der Waals surface area (Å²) in [6.07, 6.45) is 2.17. The molecule has 0 aliphatic carbocycles. The lowest BCUT2D eigenvalue weighted by atomic mass is 10.1. The minimum Gasteiger partial charge on any atom is -0.368 e. The number of benzene rings is 2. The Kier molecular flexibility index (Phi) is 5.59. The molecular weight excluding hydrogens is 338 g/mol. The Hall–Kier alpha value is -1.78. The van der Waals surface area contributed by atoms with Gasteiger partial charge in [-0.1, -0.05) is 35.9 Å². The van der Waals surface area contributed by atoms with Crippen molar-refractivity contribution < 1.29 is 0 Å². The summed E-state index contributed by atoms with van der Waals surface area (Å²) in [5, 5.41) is 7.75. The maximum absolute atomic E-state index is 5.97. The fourth-order valence-electron chi connectivity index (χ4n) is 3.16. The van der Waals surface area contributed by atoms with E-state index in [4.69, 9.17) is 23.8 Å². The Bertz CT molecular complexity index is 719. The zero-order valence-corrected chi connectivity index (χ0v) is 15.3. The van der Waals surface area contributed by atoms with Crippen LogP contribution in [0.15, 0.2) is 48.5 Å². The van der Waals surface area contributed by atoms with Crippen LogP contribution >= 0.6 is 23.8 Å². The number of halogens is 1. The first-order chi connectivity index (χ1) is 11.6. The number of fused-ring (bicyclic) bond motifs is 1. The molecule has 0 amide bonds. The highest BCUT2D eigenvalue weighted by atomic mass is 35.5. The van der Waals surface area contributed by atoms with Gasteiger partial charge in [0.25, 0.3) is 0 Å². The summed E-state index contributed by atoms with van der Waals surface area (Å²) in [6, 6.07) is 16.8. The summed E-state index contributed by atoms with van der Waals surface area (Å²) < 4.78 is 0. The van der Waals surface area contributed by atoms with E-state index >= 15 is 0 Å². The number of thiocarbonyl (C=S) groups is 1. The normalized spacial score (nSPS) is 15.9. The van der Waals surface area contributed by atoms with E-state index in [2.05, 4.69) is 46.7 Å². The van der Waals surface area contributed by atoms with Crippen molar-refractivity contribution in [3.05, 3.63) is 59.1 Å². The molecule has 1 unspecified atom stereocenters. The third-order valence-corrected chi connectivity index (χ3v) is 4.77. The van der Waals surface area contributed by atoms with Crippen molar-refractivity contribution in [2.75, 3.05) is 23.3 Å². The van der Waals surface area contributed by atoms with Crippen LogP contribution in [0.3, 0.4) is 0 Å². The van der Waals surface area contributed by atoms with Crippen molar-refractivity contribution >= 4 is 40.3 Å². The number of hydrogen-bond acceptors (Lipinski definition) is 2. The van der Waals surface area contributed by atoms with Gasteiger partial charge >= 0.3 is 0 Å². The molecule has 0 saturated heterocycles. The molecule has 2 N–H and O–H groups in total. The Morgan fingerprint density at radius 1 is 1.25 bits per heavy atom. The molecule has 0 fully saturated rings. The van der Waals surface area contributed by atoms with Gasteiger partial charge in [0.2, 0.25) is 0 Å². The van der Waals surface area contributed by atoms with Gasteiger partial charge in [-0.05, 0) is 61.8 Å². The molecule has 5 heteroatoms. The molecule has 0 spiro atoms. The second-order valence-electron chi connectivity index (χ2n) is 6.12. The standard InChI is InChI=1S/C19H22ClN3S/c1-14-12-15-6-2-3-9-18(15)23(14)11-5-10-21-19(24)22-17-8-4-7-16(20)13-17/h2-4,6-9,13-14H,5,10-12H2,1H3,(H2,21,22,24). The largest absolute Gasteiger partial charge is 0.368 e. The first-order valence-corrected chi connectivity index (χ1v) is 9.07. The van der Waals surface area contributed by atoms with E-state index < -0.39 is 0 Å². The highest BCUT2D eigenvalue weighted by Crippen LogP contribution is 2.31. The van der Waals surface area contributed by atoms with Gasteiger partial charge < -0.3 is 15.5 Å². The Morgan fingerprint density at radius 3 is 2.92 bits per heavy atom. The third kappa shape index (κ3) is 4.19. The average molecular weight is 360 g/mol. The summed E-state index contributed by atoms with van der Waals surface area (Å²) in [5.41, 5.74) is 3.74. The quantitative estimate of drug-likeness (QED) is 0.608. The number of nitrogens with one attached hydrogen (secondary N) is 2. The Morgan fingerprint density at radius 2 is 2.08 bits per heavy atom. The van der Waals surface area contributed by atoms with Crippen molar-refractivity contribution in [3.8, 4) is 0 Å². The lowest BCUT2D eigenvalue weighted by molar-refractivity contribution is 0.641. The third-order valence-electron chi connectivity index (χ3n) is 4.29. The fourth-order valence-corrected chi connectivity index (χ4v) is 3.57. The maximum atomic E-state index is 5.97. The summed E-state index contributed by atoms with van der Waals surface area (Å²) in [5.74, 6) is 0. The first-order valence-electron chi connectivity index (χ1n) is 8.28. The van der Waals surface area contributed by atoms with Gasteiger partial charge in [0.05, 0.1) is 0 Å². The smallest absolute Gasteiger partial charge is 0.170 e. The van der Waals surface area contributed by atoms with E-state index in [9.17, 15) is 0 Å². The van der Waals surface area contributed by atoms with Crippen LogP contribution in [0.4, 0.5) is 11.4 Å². The van der Waals surface area contributed by atoms with E-state index in [0.717, 1.165) is 31.6 Å². The zero-order chi connectivity index (χ0) is 16.9. The molecule has 0 aromatic heterocycles. The van der Waals surface area contributed by atoms with E-state index in [1.54, 1.807) is 0 Å². The highest BCUT2D eigenvalue weighted by molar-refractivity contribution is 7.80. The lowest BCUT2D eigenvalue weighted by Gasteiger charge is -2.25. The molecule has 0 radical (unpaired) electrons. The minimum atomic E-state index is 0.568. The molecule has 126 valence electrons. The Labute approximate surface area is 154 Å². The summed E-state index contributed by atoms with van der Waals surface area (Å²) in [7, 11) is 0. The number of anilines is 2. The van der Waals surface area contributed by atoms with Crippen LogP contribution in [-0.2, 0) is 6.42 Å². The molecule has 1 atom stereocenters. The minimum absolute atomic E-state index is 0.568. The predicted octanol–water partition coefficient (Wildman–Crippen LogP) is 4.47. The summed E-state index contributed by atoms with van der Waals surface area (Å²) in [4.78, 5) is 2.49. The SMILES string of the molecule is CC1Cc2ccccc2N1CCCNC(=S)Nc1cccc(Cl)c1. The zero-order valence-electron chi connectivity index (χ0n) is 13.8. The molecule has 1 aliphatic heterocycles. The van der Waals surface area contributed by atoms with Crippen LogP contribution in [0.1, 0.15) is 18.9 Å². The van der Waals surface area contributed by atoms with Crippen LogP contribution in [0.5, 0.6) is 0 Å². The van der Waals surface area contributed by atoms with Crippen molar-refractivity contribution in [1.29, 1.82) is 0 Å². The molecule has 1 aliphatic rings. The molecule has 24 heavy (non-hydrogen) atoms. The van der Waals surface area contributed by atoms with E-state index in [-0.39, 0.29) is 0 Å². The maximum Gasteiger partial charge on any atom is 0.170 e. The van der Waals surface area contributed by atoms with E-state index in [1.165, 1.54) is 11.3 Å². The van der Waals surface area contributed by atoms with Gasteiger partial charge in [0, 0.05) is 35.5 Å². The van der Waals surface area contributed by atoms with Crippen molar-refractivity contribution in [1.82, 2.24) is 5.32 Å². The van der Waals surface area contributed by atoms with Crippen LogP contribution in [0.25, 0.3) is 0 Å². The second kappa shape index (κ2) is 7.86. The lowest BCUT2D eigenvalue weighted by Crippen LogP contribution is -2.34. The van der Waals surface area contributed by atoms with Crippen molar-refractivity contribution in [2.24, 2.45) is 0 Å². The predicted molar refractivity (Wildman–Crippen MR) is 107 cm³/mol. The van der Waals surface area contributed by atoms with E-state index in [0.29, 0.717) is 16.2 Å². The monoisotopic (exact) mass is 359 g/mol. The van der Waals surface area contributed by atoms with Gasteiger partial charge in [0.1, 0.15) is 0 Å². The molecule has 3 nitrogen and oxygen atoms in total. The molecule has 2 aromatic rings. The molecule has 0 saturated carbocycles. The van der Waals surface area contributed by atoms with Crippen LogP contribution in [0.2, 0.25) is 5.02 Å². The van der Waals surface area contributed by atoms with Gasteiger partial charge in [-0.3, -0.25) is 0 Å². The number of para-hydroxylation sites is 1. The van der Waals surface area contributed by atoms with Gasteiger partial charge in [-0.25, -0.2) is 0 Å². The fraction of sp³-hybridized carbons (Fsp3) is 0.316. The number of nitrogens with zero attached hydrogens (tertiary/aromatic N) is 1. The van der Waals surface area contributed by atoms with Crippen LogP contribution < -0.4 is 15.5 Å². The summed E-state index contributed by atoms with van der Waals surface area (Å²) >= 11 is 11.3. The van der Waals surface area contributed by atoms with Crippen LogP contribution in [0, 0.1) is 0 Å². The van der Waals surface area contributed by atoms with Gasteiger partial charge in [0.15, 0.2) is 5.11 Å². The van der Waals surface area contributed by atoms with Gasteiger partial charge in [-0.15, -0.1) is 0 Å². The van der Waals surface area contributed by atoms with Crippen LogP contribution in [-0.4, -0.2) is 24.2 Å². The van der Waals surface area contributed by atoms with Crippen molar-refractivity contribution in [3.63, 3.8) is 0 Å². The second-order valence-corrected chi connectivity index (χ2v) is 6.96. The first kappa shape index (κ1) is 17.1. The number of hydrogen-bond donors (Lipinski definition) is 2. The topological polar surface area (TPSA) is 27.3 Å². The molecule has 0 bridgehead atoms. The average Bonchev–Trinajstić information content (AvgIpc) is 2.87. The van der Waals surface area contributed by atoms with Crippen molar-refractivity contribution in [2.45, 2.75) is 25.8 Å². The summed E-state index contributed by atoms with van der Waals surface area (Å²) in [6.45, 7) is 4.17. The molecule has 2 aromatic carbocycles. The molecule has 1 heterocycles. The molecule has 3 rings (SSSR count). The van der Waals surface area contributed by atoms with E-state index in [1.807, 2.05) is 24.3 Å². The number of rotatable bonds is 5.